The Bertz CT molecular complexity index is 1300. The zero-order chi connectivity index (χ0) is 24.4. The molecule has 35 heavy (non-hydrogen) atoms. The van der Waals surface area contributed by atoms with Gasteiger partial charge in [0.15, 0.2) is 0 Å². The van der Waals surface area contributed by atoms with Crippen molar-refractivity contribution in [3.8, 4) is 34.7 Å². The van der Waals surface area contributed by atoms with Crippen LogP contribution in [0.15, 0.2) is 60.0 Å². The molecule has 2 aromatic carbocycles. The van der Waals surface area contributed by atoms with Gasteiger partial charge in [-0.1, -0.05) is 12.1 Å². The molecule has 0 radical (unpaired) electrons. The molecule has 10 heteroatoms. The fourth-order valence-electron chi connectivity index (χ4n) is 4.20. The van der Waals surface area contributed by atoms with E-state index in [0.29, 0.717) is 49.2 Å². The smallest absolute Gasteiger partial charge is 0.415 e. The highest BCUT2D eigenvalue weighted by Crippen LogP contribution is 2.45. The number of nitriles is 1. The lowest BCUT2D eigenvalue weighted by atomic mass is 9.83. The molecule has 3 heterocycles. The summed E-state index contributed by atoms with van der Waals surface area (Å²) in [6.45, 7) is 1.97. The Balaban J connectivity index is 1.47. The van der Waals surface area contributed by atoms with Crippen LogP contribution in [-0.4, -0.2) is 54.6 Å². The van der Waals surface area contributed by atoms with E-state index in [1.807, 2.05) is 24.3 Å². The highest BCUT2D eigenvalue weighted by Gasteiger charge is 2.35. The van der Waals surface area contributed by atoms with Crippen LogP contribution in [0.2, 0.25) is 0 Å². The predicted octanol–water partition coefficient (Wildman–Crippen LogP) is 3.13. The standard InChI is InChI=1S/C25H23N5O5/c1-32-17-6-4-16(5-7-17)22-21-20(19(14-26)23(27)35-24(21)29-28-22)15-2-8-18(9-3-15)34-25(31)30-10-12-33-13-11-30/h2-9,20H,10-13,27H2,1H3,(H,28,29). The van der Waals surface area contributed by atoms with Crippen LogP contribution in [0.3, 0.4) is 0 Å². The number of benzene rings is 2. The Labute approximate surface area is 201 Å². The molecule has 0 aliphatic carbocycles. The predicted molar refractivity (Wildman–Crippen MR) is 125 cm³/mol. The summed E-state index contributed by atoms with van der Waals surface area (Å²) in [4.78, 5) is 14.0. The minimum absolute atomic E-state index is 0.000558. The first-order valence-corrected chi connectivity index (χ1v) is 11.0. The third-order valence-corrected chi connectivity index (χ3v) is 6.01. The molecule has 0 spiro atoms. The van der Waals surface area contributed by atoms with E-state index in [1.54, 1.807) is 36.3 Å². The number of nitrogens with two attached hydrogens (primary N) is 1. The van der Waals surface area contributed by atoms with Crippen LogP contribution in [0.1, 0.15) is 17.0 Å². The molecule has 178 valence electrons. The largest absolute Gasteiger partial charge is 0.497 e. The summed E-state index contributed by atoms with van der Waals surface area (Å²) in [6, 6.07) is 16.7. The first-order chi connectivity index (χ1) is 17.1. The summed E-state index contributed by atoms with van der Waals surface area (Å²) in [5.41, 5.74) is 9.37. The molecule has 3 aromatic rings. The molecule has 1 unspecified atom stereocenters. The molecule has 1 fully saturated rings. The summed E-state index contributed by atoms with van der Waals surface area (Å²) in [7, 11) is 1.60. The van der Waals surface area contributed by atoms with Gasteiger partial charge in [-0.3, -0.25) is 5.10 Å². The molecular formula is C25H23N5O5. The number of hydrogen-bond acceptors (Lipinski definition) is 8. The number of morpholine rings is 1. The van der Waals surface area contributed by atoms with E-state index in [1.165, 1.54) is 0 Å². The number of aromatic nitrogens is 2. The van der Waals surface area contributed by atoms with E-state index in [2.05, 4.69) is 16.3 Å². The minimum atomic E-state index is -0.524. The van der Waals surface area contributed by atoms with Crippen LogP contribution in [0.5, 0.6) is 17.4 Å². The molecule has 0 saturated carbocycles. The van der Waals surface area contributed by atoms with Crippen LogP contribution >= 0.6 is 0 Å². The zero-order valence-corrected chi connectivity index (χ0v) is 19.0. The topological polar surface area (TPSA) is 136 Å². The number of carbonyl (C=O) groups is 1. The number of methoxy groups -OCH3 is 1. The number of H-pyrrole nitrogens is 1. The SMILES string of the molecule is COc1ccc(-c2[nH]nc3c2C(c2ccc(OC(=O)N4CCOCC4)cc2)C(C#N)=C(N)O3)cc1. The quantitative estimate of drug-likeness (QED) is 0.590. The van der Waals surface area contributed by atoms with Gasteiger partial charge in [0.2, 0.25) is 11.8 Å². The second-order valence-corrected chi connectivity index (χ2v) is 8.01. The molecule has 2 aliphatic heterocycles. The minimum Gasteiger partial charge on any atom is -0.497 e. The Morgan fingerprint density at radius 2 is 1.83 bits per heavy atom. The maximum absolute atomic E-state index is 12.4. The van der Waals surface area contributed by atoms with Crippen molar-refractivity contribution in [3.05, 3.63) is 71.1 Å². The van der Waals surface area contributed by atoms with Crippen LogP contribution in [0, 0.1) is 11.3 Å². The molecule has 5 rings (SSSR count). The highest BCUT2D eigenvalue weighted by molar-refractivity contribution is 5.72. The van der Waals surface area contributed by atoms with Gasteiger partial charge >= 0.3 is 6.09 Å². The number of amides is 1. The van der Waals surface area contributed by atoms with Gasteiger partial charge in [-0.25, -0.2) is 4.79 Å². The number of carbonyl (C=O) groups excluding carboxylic acids is 1. The third kappa shape index (κ3) is 4.25. The van der Waals surface area contributed by atoms with Crippen molar-refractivity contribution in [2.45, 2.75) is 5.92 Å². The molecule has 1 saturated heterocycles. The van der Waals surface area contributed by atoms with E-state index in [4.69, 9.17) is 24.7 Å². The second kappa shape index (κ2) is 9.40. The van der Waals surface area contributed by atoms with Gasteiger partial charge in [0, 0.05) is 18.7 Å². The average Bonchev–Trinajstić information content (AvgIpc) is 3.32. The Morgan fingerprint density at radius 3 is 2.49 bits per heavy atom. The van der Waals surface area contributed by atoms with Crippen molar-refractivity contribution < 1.29 is 23.7 Å². The molecule has 3 N–H and O–H groups in total. The normalized spacial score (nSPS) is 17.3. The molecule has 1 aromatic heterocycles. The van der Waals surface area contributed by atoms with Crippen molar-refractivity contribution in [2.75, 3.05) is 33.4 Å². The first kappa shape index (κ1) is 22.3. The van der Waals surface area contributed by atoms with Gasteiger partial charge in [-0.05, 0) is 42.0 Å². The van der Waals surface area contributed by atoms with Crippen LogP contribution < -0.4 is 19.9 Å². The average molecular weight is 473 g/mol. The monoisotopic (exact) mass is 473 g/mol. The van der Waals surface area contributed by atoms with E-state index in [-0.39, 0.29) is 11.5 Å². The van der Waals surface area contributed by atoms with E-state index in [0.717, 1.165) is 16.9 Å². The molecule has 10 nitrogen and oxygen atoms in total. The Kier molecular flexibility index (Phi) is 5.99. The molecule has 0 bridgehead atoms. The summed E-state index contributed by atoms with van der Waals surface area (Å²) in [6.07, 6.45) is -0.423. The van der Waals surface area contributed by atoms with Crippen LogP contribution in [0.4, 0.5) is 4.79 Å². The lowest BCUT2D eigenvalue weighted by Gasteiger charge is -2.26. The van der Waals surface area contributed by atoms with Gasteiger partial charge in [0.25, 0.3) is 0 Å². The van der Waals surface area contributed by atoms with E-state index >= 15 is 0 Å². The van der Waals surface area contributed by atoms with Crippen molar-refractivity contribution in [3.63, 3.8) is 0 Å². The van der Waals surface area contributed by atoms with Gasteiger partial charge in [-0.2, -0.15) is 5.26 Å². The highest BCUT2D eigenvalue weighted by atomic mass is 16.6. The number of fused-ring (bicyclic) bond motifs is 1. The fraction of sp³-hybridized carbons (Fsp3) is 0.240. The van der Waals surface area contributed by atoms with Gasteiger partial charge in [-0.15, -0.1) is 5.10 Å². The molecule has 1 atom stereocenters. The number of nitrogens with zero attached hydrogens (tertiary/aromatic N) is 3. The lowest BCUT2D eigenvalue weighted by Crippen LogP contribution is -2.42. The van der Waals surface area contributed by atoms with Gasteiger partial charge < -0.3 is 29.6 Å². The number of hydrogen-bond donors (Lipinski definition) is 2. The van der Waals surface area contributed by atoms with Crippen molar-refractivity contribution in [2.24, 2.45) is 5.73 Å². The van der Waals surface area contributed by atoms with Crippen molar-refractivity contribution in [1.29, 1.82) is 5.26 Å². The second-order valence-electron chi connectivity index (χ2n) is 8.01. The summed E-state index contributed by atoms with van der Waals surface area (Å²) < 4.78 is 21.7. The molecule has 1 amide bonds. The maximum atomic E-state index is 12.4. The maximum Gasteiger partial charge on any atom is 0.415 e. The van der Waals surface area contributed by atoms with Crippen molar-refractivity contribution in [1.82, 2.24) is 15.1 Å². The number of ether oxygens (including phenoxy) is 4. The van der Waals surface area contributed by atoms with Gasteiger partial charge in [0.1, 0.15) is 23.1 Å². The Hall–Kier alpha value is -4.49. The molecular weight excluding hydrogens is 450 g/mol. The van der Waals surface area contributed by atoms with E-state index < -0.39 is 12.0 Å². The summed E-state index contributed by atoms with van der Waals surface area (Å²) in [5, 5.41) is 17.2. The third-order valence-electron chi connectivity index (χ3n) is 6.01. The van der Waals surface area contributed by atoms with E-state index in [9.17, 15) is 10.1 Å². The number of rotatable bonds is 4. The lowest BCUT2D eigenvalue weighted by molar-refractivity contribution is 0.0416. The number of allylic oxidation sites excluding steroid dienone is 1. The molecule has 2 aliphatic rings. The van der Waals surface area contributed by atoms with Gasteiger partial charge in [0.05, 0.1) is 37.5 Å². The van der Waals surface area contributed by atoms with Crippen LogP contribution in [-0.2, 0) is 4.74 Å². The Morgan fingerprint density at radius 1 is 1.14 bits per heavy atom. The van der Waals surface area contributed by atoms with Crippen LogP contribution in [0.25, 0.3) is 11.3 Å². The zero-order valence-electron chi connectivity index (χ0n) is 19.0. The first-order valence-electron chi connectivity index (χ1n) is 11.0. The fourth-order valence-corrected chi connectivity index (χ4v) is 4.20. The number of aromatic amines is 1. The summed E-state index contributed by atoms with van der Waals surface area (Å²) >= 11 is 0. The summed E-state index contributed by atoms with van der Waals surface area (Å²) in [5.74, 6) is 0.902. The number of nitrogens with one attached hydrogen (secondary N) is 1. The van der Waals surface area contributed by atoms with Crippen molar-refractivity contribution >= 4 is 6.09 Å².